The topological polar surface area (TPSA) is 58.2 Å². The number of hydrogen-bond donors (Lipinski definition) is 2. The van der Waals surface area contributed by atoms with Crippen molar-refractivity contribution in [2.75, 3.05) is 6.54 Å². The van der Waals surface area contributed by atoms with E-state index in [1.807, 2.05) is 30.3 Å². The zero-order chi connectivity index (χ0) is 16.3. The highest BCUT2D eigenvalue weighted by Gasteiger charge is 2.14. The number of carbonyl (C=O) groups is 2. The second-order valence-electron chi connectivity index (χ2n) is 6.37. The molecule has 0 spiro atoms. The van der Waals surface area contributed by atoms with Crippen LogP contribution in [0.1, 0.15) is 56.9 Å². The third-order valence-corrected chi connectivity index (χ3v) is 4.35. The van der Waals surface area contributed by atoms with Gasteiger partial charge in [0.1, 0.15) is 0 Å². The zero-order valence-corrected chi connectivity index (χ0v) is 13.9. The molecule has 4 nitrogen and oxygen atoms in total. The molecule has 0 atom stereocenters. The molecule has 2 rings (SSSR count). The van der Waals surface area contributed by atoms with Gasteiger partial charge < -0.3 is 10.6 Å². The minimum absolute atomic E-state index is 0.0325. The van der Waals surface area contributed by atoms with Gasteiger partial charge in [0, 0.05) is 19.0 Å². The van der Waals surface area contributed by atoms with Gasteiger partial charge in [0.05, 0.1) is 6.42 Å². The lowest BCUT2D eigenvalue weighted by Gasteiger charge is -2.21. The van der Waals surface area contributed by atoms with Gasteiger partial charge in [0.2, 0.25) is 11.8 Å². The smallest absolute Gasteiger partial charge is 0.224 e. The normalized spacial score (nSPS) is 16.2. The third kappa shape index (κ3) is 7.31. The Labute approximate surface area is 139 Å². The molecule has 1 aliphatic rings. The average Bonchev–Trinajstić information content (AvgIpc) is 2.51. The van der Waals surface area contributed by atoms with Crippen molar-refractivity contribution in [1.82, 2.24) is 10.6 Å². The minimum Gasteiger partial charge on any atom is -0.355 e. The van der Waals surface area contributed by atoms with Gasteiger partial charge in [-0.1, -0.05) is 62.4 Å². The second kappa shape index (κ2) is 10.0. The summed E-state index contributed by atoms with van der Waals surface area (Å²) in [5, 5.41) is 5.94. The fraction of sp³-hybridized carbons (Fsp3) is 0.579. The predicted octanol–water partition coefficient (Wildman–Crippen LogP) is 2.96. The lowest BCUT2D eigenvalue weighted by molar-refractivity contribution is -0.122. The van der Waals surface area contributed by atoms with Crippen LogP contribution in [0.4, 0.5) is 0 Å². The summed E-state index contributed by atoms with van der Waals surface area (Å²) in [6.07, 6.45) is 9.20. The highest BCUT2D eigenvalue weighted by molar-refractivity contribution is 5.80. The maximum Gasteiger partial charge on any atom is 0.224 e. The Hall–Kier alpha value is -1.84. The average molecular weight is 316 g/mol. The molecule has 126 valence electrons. The molecule has 0 bridgehead atoms. The molecule has 1 saturated carbocycles. The molecule has 4 heteroatoms. The summed E-state index contributed by atoms with van der Waals surface area (Å²) in [5.74, 6) is 0.0190. The summed E-state index contributed by atoms with van der Waals surface area (Å²) in [4.78, 5) is 23.8. The van der Waals surface area contributed by atoms with E-state index in [9.17, 15) is 9.59 Å². The first-order chi connectivity index (χ1) is 11.2. The molecule has 0 radical (unpaired) electrons. The Balaban J connectivity index is 1.61. The minimum atomic E-state index is -0.0325. The van der Waals surface area contributed by atoms with Crippen molar-refractivity contribution in [3.63, 3.8) is 0 Å². The Morgan fingerprint density at radius 1 is 0.913 bits per heavy atom. The predicted molar refractivity (Wildman–Crippen MR) is 92.0 cm³/mol. The lowest BCUT2D eigenvalue weighted by atomic mass is 9.96. The van der Waals surface area contributed by atoms with Crippen LogP contribution in [-0.4, -0.2) is 24.4 Å². The summed E-state index contributed by atoms with van der Waals surface area (Å²) in [6.45, 7) is 0.407. The Morgan fingerprint density at radius 3 is 2.26 bits per heavy atom. The standard InChI is InChI=1S/C19H28N2O2/c22-18(21-17-11-7-2-1-3-8-12-17)13-14-20-19(23)15-16-9-5-4-6-10-16/h4-6,9-10,17H,1-3,7-8,11-15H2,(H,20,23)(H,21,22). The molecular formula is C19H28N2O2. The molecule has 0 unspecified atom stereocenters. The summed E-state index contributed by atoms with van der Waals surface area (Å²) >= 11 is 0. The van der Waals surface area contributed by atoms with Crippen LogP contribution in [0.3, 0.4) is 0 Å². The third-order valence-electron chi connectivity index (χ3n) is 4.35. The van der Waals surface area contributed by atoms with Gasteiger partial charge in [0.15, 0.2) is 0 Å². The SMILES string of the molecule is O=C(Cc1ccccc1)NCCC(=O)NC1CCCCCCC1. The van der Waals surface area contributed by atoms with Crippen molar-refractivity contribution in [2.24, 2.45) is 0 Å². The Morgan fingerprint density at radius 2 is 1.57 bits per heavy atom. The molecule has 1 aliphatic carbocycles. The van der Waals surface area contributed by atoms with Crippen molar-refractivity contribution in [3.8, 4) is 0 Å². The first-order valence-corrected chi connectivity index (χ1v) is 8.84. The molecule has 2 amide bonds. The maximum atomic E-state index is 12.0. The maximum absolute atomic E-state index is 12.0. The van der Waals surface area contributed by atoms with Crippen molar-refractivity contribution >= 4 is 11.8 Å². The molecule has 0 heterocycles. The number of rotatable bonds is 6. The van der Waals surface area contributed by atoms with Crippen LogP contribution in [0.25, 0.3) is 0 Å². The van der Waals surface area contributed by atoms with Gasteiger partial charge in [-0.3, -0.25) is 9.59 Å². The summed E-state index contributed by atoms with van der Waals surface area (Å²) in [7, 11) is 0. The number of amides is 2. The van der Waals surface area contributed by atoms with Gasteiger partial charge in [-0.05, 0) is 18.4 Å². The van der Waals surface area contributed by atoms with Crippen LogP contribution < -0.4 is 10.6 Å². The van der Waals surface area contributed by atoms with E-state index in [1.165, 1.54) is 32.1 Å². The van der Waals surface area contributed by atoms with E-state index in [0.29, 0.717) is 25.4 Å². The van der Waals surface area contributed by atoms with E-state index in [-0.39, 0.29) is 11.8 Å². The van der Waals surface area contributed by atoms with E-state index < -0.39 is 0 Å². The first kappa shape index (κ1) is 17.5. The van der Waals surface area contributed by atoms with E-state index in [1.54, 1.807) is 0 Å². The molecule has 23 heavy (non-hydrogen) atoms. The van der Waals surface area contributed by atoms with Crippen molar-refractivity contribution in [3.05, 3.63) is 35.9 Å². The van der Waals surface area contributed by atoms with E-state index in [4.69, 9.17) is 0 Å². The number of benzene rings is 1. The summed E-state index contributed by atoms with van der Waals surface area (Å²) < 4.78 is 0. The first-order valence-electron chi connectivity index (χ1n) is 8.84. The van der Waals surface area contributed by atoms with Crippen LogP contribution in [0, 0.1) is 0 Å². The summed E-state index contributed by atoms with van der Waals surface area (Å²) in [5.41, 5.74) is 0.990. The Bertz CT molecular complexity index is 479. The van der Waals surface area contributed by atoms with Crippen molar-refractivity contribution in [1.29, 1.82) is 0 Å². The van der Waals surface area contributed by atoms with Gasteiger partial charge in [-0.25, -0.2) is 0 Å². The zero-order valence-electron chi connectivity index (χ0n) is 13.9. The fourth-order valence-electron chi connectivity index (χ4n) is 3.06. The fourth-order valence-corrected chi connectivity index (χ4v) is 3.06. The van der Waals surface area contributed by atoms with E-state index >= 15 is 0 Å². The van der Waals surface area contributed by atoms with Crippen LogP contribution in [0.2, 0.25) is 0 Å². The van der Waals surface area contributed by atoms with Crippen molar-refractivity contribution < 1.29 is 9.59 Å². The van der Waals surface area contributed by atoms with Gasteiger partial charge in [0.25, 0.3) is 0 Å². The molecule has 0 aromatic heterocycles. The molecular weight excluding hydrogens is 288 g/mol. The molecule has 1 fully saturated rings. The number of nitrogens with one attached hydrogen (secondary N) is 2. The highest BCUT2D eigenvalue weighted by Crippen LogP contribution is 2.17. The van der Waals surface area contributed by atoms with Crippen LogP contribution in [0.5, 0.6) is 0 Å². The lowest BCUT2D eigenvalue weighted by Crippen LogP contribution is -2.37. The second-order valence-corrected chi connectivity index (χ2v) is 6.37. The largest absolute Gasteiger partial charge is 0.355 e. The number of hydrogen-bond acceptors (Lipinski definition) is 2. The van der Waals surface area contributed by atoms with E-state index in [0.717, 1.165) is 18.4 Å². The van der Waals surface area contributed by atoms with Gasteiger partial charge in [-0.2, -0.15) is 0 Å². The quantitative estimate of drug-likeness (QED) is 0.847. The van der Waals surface area contributed by atoms with E-state index in [2.05, 4.69) is 10.6 Å². The highest BCUT2D eigenvalue weighted by atomic mass is 16.2. The van der Waals surface area contributed by atoms with Crippen molar-refractivity contribution in [2.45, 2.75) is 63.8 Å². The monoisotopic (exact) mass is 316 g/mol. The van der Waals surface area contributed by atoms with Gasteiger partial charge >= 0.3 is 0 Å². The summed E-state index contributed by atoms with van der Waals surface area (Å²) in [6, 6.07) is 9.96. The molecule has 2 N–H and O–H groups in total. The van der Waals surface area contributed by atoms with Crippen LogP contribution in [-0.2, 0) is 16.0 Å². The number of carbonyl (C=O) groups excluding carboxylic acids is 2. The molecule has 0 saturated heterocycles. The molecule has 1 aromatic carbocycles. The van der Waals surface area contributed by atoms with Gasteiger partial charge in [-0.15, -0.1) is 0 Å². The van der Waals surface area contributed by atoms with Crippen LogP contribution >= 0.6 is 0 Å². The van der Waals surface area contributed by atoms with Crippen LogP contribution in [0.15, 0.2) is 30.3 Å². The Kier molecular flexibility index (Phi) is 7.64. The molecule has 0 aliphatic heterocycles. The molecule has 1 aromatic rings.